The van der Waals surface area contributed by atoms with Crippen molar-refractivity contribution in [2.75, 3.05) is 5.75 Å². The number of hydrogen-bond acceptors (Lipinski definition) is 3. The van der Waals surface area contributed by atoms with Crippen LogP contribution in [0, 0.1) is 0 Å². The van der Waals surface area contributed by atoms with E-state index in [4.69, 9.17) is 5.73 Å². The zero-order valence-corrected chi connectivity index (χ0v) is 9.18. The van der Waals surface area contributed by atoms with Crippen LogP contribution < -0.4 is 5.73 Å². The van der Waals surface area contributed by atoms with Crippen LogP contribution in [0.5, 0.6) is 0 Å². The van der Waals surface area contributed by atoms with Gasteiger partial charge in [-0.25, -0.2) is 0 Å². The van der Waals surface area contributed by atoms with Crippen molar-refractivity contribution in [3.63, 3.8) is 0 Å². The zero-order chi connectivity index (χ0) is 10.8. The van der Waals surface area contributed by atoms with E-state index in [1.165, 1.54) is 11.8 Å². The summed E-state index contributed by atoms with van der Waals surface area (Å²) in [5.74, 6) is 0.240. The molecule has 2 aliphatic rings. The number of rotatable bonds is 1. The van der Waals surface area contributed by atoms with Gasteiger partial charge in [0.2, 0.25) is 5.91 Å². The number of allylic oxidation sites excluding steroid dienone is 4. The molecule has 0 saturated heterocycles. The van der Waals surface area contributed by atoms with Gasteiger partial charge in [-0.15, -0.1) is 11.8 Å². The van der Waals surface area contributed by atoms with Gasteiger partial charge in [-0.2, -0.15) is 0 Å². The fourth-order valence-electron chi connectivity index (χ4n) is 1.93. The first kappa shape index (κ1) is 10.5. The Balaban J connectivity index is 2.28. The van der Waals surface area contributed by atoms with Gasteiger partial charge in [-0.1, -0.05) is 12.2 Å². The van der Waals surface area contributed by atoms with Gasteiger partial charge in [0.1, 0.15) is 0 Å². The topological polar surface area (TPSA) is 60.2 Å². The third kappa shape index (κ3) is 2.15. The van der Waals surface area contributed by atoms with Gasteiger partial charge in [0.15, 0.2) is 5.78 Å². The summed E-state index contributed by atoms with van der Waals surface area (Å²) >= 11 is 1.37. The first-order valence-electron chi connectivity index (χ1n) is 5.01. The predicted octanol–water partition coefficient (Wildman–Crippen LogP) is 1.19. The second-order valence-electron chi connectivity index (χ2n) is 3.77. The molecule has 1 aliphatic carbocycles. The van der Waals surface area contributed by atoms with Crippen molar-refractivity contribution >= 4 is 23.5 Å². The Morgan fingerprint density at radius 2 is 2.33 bits per heavy atom. The minimum Gasteiger partial charge on any atom is -0.369 e. The van der Waals surface area contributed by atoms with Gasteiger partial charge in [-0.05, 0) is 30.4 Å². The average Bonchev–Trinajstić information content (AvgIpc) is 2.39. The lowest BCUT2D eigenvalue weighted by molar-refractivity contribution is -0.117. The Morgan fingerprint density at radius 1 is 1.53 bits per heavy atom. The summed E-state index contributed by atoms with van der Waals surface area (Å²) in [6, 6.07) is 0. The number of ketones is 1. The second-order valence-corrected chi connectivity index (χ2v) is 4.97. The predicted molar refractivity (Wildman–Crippen MR) is 60.5 cm³/mol. The average molecular weight is 223 g/mol. The Labute approximate surface area is 92.8 Å². The Kier molecular flexibility index (Phi) is 2.95. The quantitative estimate of drug-likeness (QED) is 0.726. The third-order valence-electron chi connectivity index (χ3n) is 2.74. The highest BCUT2D eigenvalue weighted by atomic mass is 32.2. The van der Waals surface area contributed by atoms with Crippen LogP contribution in [0.1, 0.15) is 19.3 Å². The zero-order valence-electron chi connectivity index (χ0n) is 8.36. The van der Waals surface area contributed by atoms with Crippen molar-refractivity contribution < 1.29 is 9.59 Å². The van der Waals surface area contributed by atoms with E-state index in [9.17, 15) is 9.59 Å². The fourth-order valence-corrected chi connectivity index (χ4v) is 2.92. The molecule has 0 aromatic carbocycles. The maximum atomic E-state index is 11.8. The van der Waals surface area contributed by atoms with Gasteiger partial charge < -0.3 is 5.73 Å². The summed E-state index contributed by atoms with van der Waals surface area (Å²) in [5, 5.41) is -0.246. The van der Waals surface area contributed by atoms with Crippen molar-refractivity contribution in [1.29, 1.82) is 0 Å². The molecule has 0 spiro atoms. The number of primary amides is 1. The minimum absolute atomic E-state index is 0.170. The molecule has 1 aliphatic heterocycles. The smallest absolute Gasteiger partial charge is 0.230 e. The molecule has 0 bridgehead atoms. The molecule has 1 heterocycles. The lowest BCUT2D eigenvalue weighted by Gasteiger charge is -2.13. The highest BCUT2D eigenvalue weighted by molar-refractivity contribution is 8.01. The van der Waals surface area contributed by atoms with E-state index in [0.29, 0.717) is 12.2 Å². The number of carbonyl (C=O) groups excluding carboxylic acids is 2. The number of amides is 1. The molecule has 4 heteroatoms. The van der Waals surface area contributed by atoms with Gasteiger partial charge in [-0.3, -0.25) is 9.59 Å². The van der Waals surface area contributed by atoms with Crippen LogP contribution in [0.2, 0.25) is 0 Å². The minimum atomic E-state index is -0.319. The van der Waals surface area contributed by atoms with E-state index in [1.54, 1.807) is 0 Å². The lowest BCUT2D eigenvalue weighted by Crippen LogP contribution is -2.26. The summed E-state index contributed by atoms with van der Waals surface area (Å²) in [5.41, 5.74) is 7.21. The first-order valence-corrected chi connectivity index (χ1v) is 6.06. The summed E-state index contributed by atoms with van der Waals surface area (Å²) in [7, 11) is 0. The molecular formula is C11H13NO2S. The van der Waals surface area contributed by atoms with Crippen LogP contribution in [-0.4, -0.2) is 22.7 Å². The number of thioether (sulfide) groups is 1. The van der Waals surface area contributed by atoms with E-state index < -0.39 is 0 Å². The molecule has 0 radical (unpaired) electrons. The third-order valence-corrected chi connectivity index (χ3v) is 3.97. The molecule has 15 heavy (non-hydrogen) atoms. The molecule has 0 saturated carbocycles. The van der Waals surface area contributed by atoms with Crippen molar-refractivity contribution in [2.24, 2.45) is 5.73 Å². The van der Waals surface area contributed by atoms with E-state index in [2.05, 4.69) is 6.08 Å². The summed E-state index contributed by atoms with van der Waals surface area (Å²) in [6.07, 6.45) is 6.38. The molecule has 80 valence electrons. The van der Waals surface area contributed by atoms with Crippen molar-refractivity contribution in [3.8, 4) is 0 Å². The summed E-state index contributed by atoms with van der Waals surface area (Å²) in [6.45, 7) is 0. The molecule has 1 atom stereocenters. The van der Waals surface area contributed by atoms with E-state index >= 15 is 0 Å². The second kappa shape index (κ2) is 4.23. The van der Waals surface area contributed by atoms with Crippen molar-refractivity contribution in [1.82, 2.24) is 0 Å². The molecule has 1 amide bonds. The molecule has 0 aromatic rings. The number of hydrogen-bond donors (Lipinski definition) is 1. The van der Waals surface area contributed by atoms with E-state index in [-0.39, 0.29) is 16.9 Å². The monoisotopic (exact) mass is 223 g/mol. The normalized spacial score (nSPS) is 26.1. The Hall–Kier alpha value is -1.03. The molecule has 0 fully saturated rings. The molecule has 3 nitrogen and oxygen atoms in total. The van der Waals surface area contributed by atoms with Crippen LogP contribution in [-0.2, 0) is 9.59 Å². The van der Waals surface area contributed by atoms with Crippen LogP contribution in [0.15, 0.2) is 23.3 Å². The lowest BCUT2D eigenvalue weighted by atomic mass is 9.92. The highest BCUT2D eigenvalue weighted by Gasteiger charge is 2.27. The van der Waals surface area contributed by atoms with Crippen LogP contribution in [0.3, 0.4) is 0 Å². The standard InChI is InChI=1S/C11H13NO2S/c12-11(14)10-5-7-3-1-2-4-8(7)9(13)6-15-10/h1,3,10H,2,4-6H2,(H2,12,14). The Morgan fingerprint density at radius 3 is 3.07 bits per heavy atom. The molecule has 1 unspecified atom stereocenters. The van der Waals surface area contributed by atoms with Crippen molar-refractivity contribution in [2.45, 2.75) is 24.5 Å². The summed E-state index contributed by atoms with van der Waals surface area (Å²) < 4.78 is 0. The van der Waals surface area contributed by atoms with Crippen molar-refractivity contribution in [3.05, 3.63) is 23.3 Å². The highest BCUT2D eigenvalue weighted by Crippen LogP contribution is 2.31. The maximum Gasteiger partial charge on any atom is 0.230 e. The van der Waals surface area contributed by atoms with Gasteiger partial charge in [0, 0.05) is 0 Å². The largest absolute Gasteiger partial charge is 0.369 e. The number of carbonyl (C=O) groups is 2. The number of Topliss-reactive ketones (excluding diaryl/α,β-unsaturated/α-hetero) is 1. The fraction of sp³-hybridized carbons (Fsp3) is 0.455. The molecule has 0 aromatic heterocycles. The number of nitrogens with two attached hydrogens (primary N) is 1. The van der Waals surface area contributed by atoms with Crippen LogP contribution in [0.4, 0.5) is 0 Å². The van der Waals surface area contributed by atoms with Gasteiger partial charge in [0.25, 0.3) is 0 Å². The first-order chi connectivity index (χ1) is 7.18. The molecule has 2 rings (SSSR count). The summed E-state index contributed by atoms with van der Waals surface area (Å²) in [4.78, 5) is 22.9. The van der Waals surface area contributed by atoms with Gasteiger partial charge in [0.05, 0.1) is 11.0 Å². The maximum absolute atomic E-state index is 11.8. The van der Waals surface area contributed by atoms with Crippen LogP contribution in [0.25, 0.3) is 0 Å². The van der Waals surface area contributed by atoms with Crippen LogP contribution >= 0.6 is 11.8 Å². The van der Waals surface area contributed by atoms with E-state index in [0.717, 1.165) is 24.0 Å². The molecule has 2 N–H and O–H groups in total. The van der Waals surface area contributed by atoms with Gasteiger partial charge >= 0.3 is 0 Å². The SMILES string of the molecule is NC(=O)C1CC2=C(CCC=C2)C(=O)CS1. The molecular weight excluding hydrogens is 210 g/mol. The Bertz CT molecular complexity index is 371. The van der Waals surface area contributed by atoms with E-state index in [1.807, 2.05) is 6.08 Å².